The third-order valence-corrected chi connectivity index (χ3v) is 4.69. The van der Waals surface area contributed by atoms with E-state index in [-0.39, 0.29) is 11.6 Å². The zero-order valence-electron chi connectivity index (χ0n) is 15.3. The molecular formula is C23H13BrFNO4. The van der Waals surface area contributed by atoms with Gasteiger partial charge < -0.3 is 9.47 Å². The lowest BCUT2D eigenvalue weighted by atomic mass is 10.2. The van der Waals surface area contributed by atoms with E-state index < -0.39 is 17.8 Å². The predicted molar refractivity (Wildman–Crippen MR) is 113 cm³/mol. The number of carbonyl (C=O) groups excluding carboxylic acids is 2. The first-order valence-electron chi connectivity index (χ1n) is 8.84. The molecule has 7 heteroatoms. The maximum Gasteiger partial charge on any atom is 0.363 e. The Bertz CT molecular complexity index is 1180. The van der Waals surface area contributed by atoms with E-state index in [1.54, 1.807) is 54.6 Å². The Labute approximate surface area is 179 Å². The number of halogens is 2. The Morgan fingerprint density at radius 2 is 1.77 bits per heavy atom. The molecule has 148 valence electrons. The Balaban J connectivity index is 1.48. The predicted octanol–water partition coefficient (Wildman–Crippen LogP) is 5.15. The van der Waals surface area contributed by atoms with Gasteiger partial charge >= 0.3 is 11.9 Å². The van der Waals surface area contributed by atoms with Crippen LogP contribution in [0.2, 0.25) is 0 Å². The molecule has 0 aromatic heterocycles. The van der Waals surface area contributed by atoms with Crippen molar-refractivity contribution in [1.82, 2.24) is 0 Å². The molecule has 5 nitrogen and oxygen atoms in total. The van der Waals surface area contributed by atoms with Gasteiger partial charge in [0, 0.05) is 10.0 Å². The molecule has 0 aliphatic carbocycles. The summed E-state index contributed by atoms with van der Waals surface area (Å²) in [6, 6.07) is 19.1. The number of aliphatic imine (C=N–C) groups is 1. The van der Waals surface area contributed by atoms with Crippen molar-refractivity contribution in [2.75, 3.05) is 0 Å². The van der Waals surface area contributed by atoms with Crippen molar-refractivity contribution < 1.29 is 23.5 Å². The number of esters is 2. The first kappa shape index (κ1) is 19.7. The van der Waals surface area contributed by atoms with Crippen LogP contribution in [-0.2, 0) is 9.53 Å². The molecule has 0 radical (unpaired) electrons. The van der Waals surface area contributed by atoms with Crippen molar-refractivity contribution in [1.29, 1.82) is 0 Å². The Kier molecular flexibility index (Phi) is 5.54. The lowest BCUT2D eigenvalue weighted by Crippen LogP contribution is -2.08. The van der Waals surface area contributed by atoms with E-state index in [9.17, 15) is 14.0 Å². The molecule has 0 N–H and O–H groups in total. The van der Waals surface area contributed by atoms with Crippen LogP contribution in [0.5, 0.6) is 5.75 Å². The van der Waals surface area contributed by atoms with Gasteiger partial charge in [0.1, 0.15) is 11.6 Å². The van der Waals surface area contributed by atoms with Gasteiger partial charge in [-0.15, -0.1) is 0 Å². The molecule has 0 saturated heterocycles. The van der Waals surface area contributed by atoms with Crippen LogP contribution in [0.1, 0.15) is 21.5 Å². The summed E-state index contributed by atoms with van der Waals surface area (Å²) >= 11 is 3.31. The highest BCUT2D eigenvalue weighted by Crippen LogP contribution is 2.21. The molecule has 1 heterocycles. The number of nitrogens with zero attached hydrogens (tertiary/aromatic N) is 1. The van der Waals surface area contributed by atoms with E-state index in [0.717, 1.165) is 4.47 Å². The number of rotatable bonds is 4. The number of cyclic esters (lactones) is 1. The number of ether oxygens (including phenoxy) is 2. The molecule has 3 aromatic rings. The summed E-state index contributed by atoms with van der Waals surface area (Å²) in [5.41, 5.74) is 1.56. The van der Waals surface area contributed by atoms with Gasteiger partial charge in [-0.1, -0.05) is 34.1 Å². The van der Waals surface area contributed by atoms with Crippen molar-refractivity contribution in [3.8, 4) is 5.75 Å². The van der Waals surface area contributed by atoms with Crippen LogP contribution in [0.15, 0.2) is 88.0 Å². The van der Waals surface area contributed by atoms with Crippen LogP contribution < -0.4 is 4.74 Å². The number of benzene rings is 3. The van der Waals surface area contributed by atoms with Crippen molar-refractivity contribution in [2.45, 2.75) is 0 Å². The van der Waals surface area contributed by atoms with Gasteiger partial charge in [-0.3, -0.25) is 0 Å². The molecule has 0 amide bonds. The molecule has 0 spiro atoms. The number of hydrogen-bond acceptors (Lipinski definition) is 5. The fourth-order valence-electron chi connectivity index (χ4n) is 2.70. The van der Waals surface area contributed by atoms with Crippen LogP contribution in [0, 0.1) is 5.82 Å². The van der Waals surface area contributed by atoms with Crippen LogP contribution in [0.4, 0.5) is 4.39 Å². The van der Waals surface area contributed by atoms with Crippen molar-refractivity contribution in [2.24, 2.45) is 4.99 Å². The summed E-state index contributed by atoms with van der Waals surface area (Å²) in [7, 11) is 0. The molecule has 1 aliphatic rings. The highest BCUT2D eigenvalue weighted by atomic mass is 79.9. The average molecular weight is 466 g/mol. The highest BCUT2D eigenvalue weighted by Gasteiger charge is 2.24. The molecule has 0 fully saturated rings. The Morgan fingerprint density at radius 3 is 2.47 bits per heavy atom. The molecule has 4 rings (SSSR count). The zero-order chi connectivity index (χ0) is 21.1. The quantitative estimate of drug-likeness (QED) is 0.303. The second-order valence-corrected chi connectivity index (χ2v) is 7.23. The minimum atomic E-state index is -0.625. The highest BCUT2D eigenvalue weighted by molar-refractivity contribution is 9.10. The smallest absolute Gasteiger partial charge is 0.363 e. The SMILES string of the molecule is O=C1OC(c2cccc(F)c2)=NC1=Cc1ccc(OC(=O)c2ccc(Br)cc2)cc1. The summed E-state index contributed by atoms with van der Waals surface area (Å²) in [5.74, 6) is -1.14. The third-order valence-electron chi connectivity index (χ3n) is 4.17. The van der Waals surface area contributed by atoms with Crippen molar-refractivity contribution >= 4 is 39.8 Å². The van der Waals surface area contributed by atoms with E-state index in [1.807, 2.05) is 0 Å². The van der Waals surface area contributed by atoms with Gasteiger partial charge in [-0.25, -0.2) is 19.0 Å². The summed E-state index contributed by atoms with van der Waals surface area (Å²) in [6.07, 6.45) is 1.54. The van der Waals surface area contributed by atoms with Crippen LogP contribution in [-0.4, -0.2) is 17.8 Å². The van der Waals surface area contributed by atoms with Gasteiger partial charge in [-0.2, -0.15) is 0 Å². The zero-order valence-corrected chi connectivity index (χ0v) is 16.9. The molecule has 0 saturated carbocycles. The van der Waals surface area contributed by atoms with Gasteiger partial charge in [-0.05, 0) is 66.2 Å². The molecule has 0 atom stereocenters. The minimum absolute atomic E-state index is 0.0470. The van der Waals surface area contributed by atoms with Crippen molar-refractivity contribution in [3.63, 3.8) is 0 Å². The average Bonchev–Trinajstić information content (AvgIpc) is 3.10. The first-order chi connectivity index (χ1) is 14.5. The van der Waals surface area contributed by atoms with E-state index in [0.29, 0.717) is 22.4 Å². The van der Waals surface area contributed by atoms with E-state index in [4.69, 9.17) is 9.47 Å². The second kappa shape index (κ2) is 8.42. The molecule has 1 aliphatic heterocycles. The normalized spacial score (nSPS) is 14.4. The molecule has 30 heavy (non-hydrogen) atoms. The summed E-state index contributed by atoms with van der Waals surface area (Å²) in [5, 5.41) is 0. The summed E-state index contributed by atoms with van der Waals surface area (Å²) < 4.78 is 24.7. The molecule has 0 bridgehead atoms. The minimum Gasteiger partial charge on any atom is -0.423 e. The van der Waals surface area contributed by atoms with Gasteiger partial charge in [0.05, 0.1) is 5.56 Å². The largest absolute Gasteiger partial charge is 0.423 e. The van der Waals surface area contributed by atoms with Crippen molar-refractivity contribution in [3.05, 3.63) is 105 Å². The fraction of sp³-hybridized carbons (Fsp3) is 0. The van der Waals surface area contributed by atoms with E-state index in [2.05, 4.69) is 20.9 Å². The fourth-order valence-corrected chi connectivity index (χ4v) is 2.96. The second-order valence-electron chi connectivity index (χ2n) is 6.31. The monoisotopic (exact) mass is 465 g/mol. The van der Waals surface area contributed by atoms with E-state index >= 15 is 0 Å². The molecule has 0 unspecified atom stereocenters. The van der Waals surface area contributed by atoms with Crippen LogP contribution in [0.3, 0.4) is 0 Å². The molecular weight excluding hydrogens is 453 g/mol. The molecule has 3 aromatic carbocycles. The summed E-state index contributed by atoms with van der Waals surface area (Å²) in [6.45, 7) is 0. The maximum absolute atomic E-state index is 13.4. The van der Waals surface area contributed by atoms with Gasteiger partial charge in [0.25, 0.3) is 0 Å². The lowest BCUT2D eigenvalue weighted by molar-refractivity contribution is -0.129. The summed E-state index contributed by atoms with van der Waals surface area (Å²) in [4.78, 5) is 28.4. The van der Waals surface area contributed by atoms with E-state index in [1.165, 1.54) is 24.3 Å². The maximum atomic E-state index is 13.4. The number of hydrogen-bond donors (Lipinski definition) is 0. The van der Waals surface area contributed by atoms with Gasteiger partial charge in [0.15, 0.2) is 5.70 Å². The Hall–Kier alpha value is -3.58. The van der Waals surface area contributed by atoms with Crippen LogP contribution >= 0.6 is 15.9 Å². The first-order valence-corrected chi connectivity index (χ1v) is 9.63. The Morgan fingerprint density at radius 1 is 1.03 bits per heavy atom. The standard InChI is InChI=1S/C23H13BrFNO4/c24-17-8-6-15(7-9-17)22(27)29-19-10-4-14(5-11-19)12-20-23(28)30-21(26-20)16-2-1-3-18(25)13-16/h1-13H. The topological polar surface area (TPSA) is 65.0 Å². The van der Waals surface area contributed by atoms with Gasteiger partial charge in [0.2, 0.25) is 5.90 Å². The number of carbonyl (C=O) groups is 2. The third kappa shape index (κ3) is 4.52. The lowest BCUT2D eigenvalue weighted by Gasteiger charge is -2.05. The van der Waals surface area contributed by atoms with Crippen LogP contribution in [0.25, 0.3) is 6.08 Å².